The van der Waals surface area contributed by atoms with E-state index in [0.717, 1.165) is 42.1 Å². The molecule has 3 aromatic rings. The molecule has 2 heterocycles. The molecule has 1 aliphatic rings. The smallest absolute Gasteiger partial charge is 0.410 e. The van der Waals surface area contributed by atoms with Crippen molar-refractivity contribution in [2.45, 2.75) is 39.8 Å². The van der Waals surface area contributed by atoms with Crippen LogP contribution in [0.5, 0.6) is 0 Å². The Morgan fingerprint density at radius 3 is 2.43 bits per heavy atom. The Morgan fingerprint density at radius 1 is 1.00 bits per heavy atom. The van der Waals surface area contributed by atoms with Gasteiger partial charge in [-0.3, -0.25) is 4.90 Å². The second-order valence-electron chi connectivity index (χ2n) is 10.0. The normalized spacial score (nSPS) is 14.4. The van der Waals surface area contributed by atoms with Crippen LogP contribution in [-0.2, 0) is 11.3 Å². The van der Waals surface area contributed by atoms with Crippen molar-refractivity contribution in [3.63, 3.8) is 0 Å². The lowest BCUT2D eigenvalue weighted by molar-refractivity contribution is 0.0139. The van der Waals surface area contributed by atoms with Crippen LogP contribution in [0, 0.1) is 6.92 Å². The molecule has 4 rings (SSSR count). The molecular formula is C27H32Cl2N6O2. The third-order valence-corrected chi connectivity index (χ3v) is 6.51. The van der Waals surface area contributed by atoms with Gasteiger partial charge in [-0.1, -0.05) is 35.3 Å². The number of amides is 1. The van der Waals surface area contributed by atoms with Gasteiger partial charge in [-0.2, -0.15) is 4.98 Å². The number of anilines is 4. The maximum atomic E-state index is 12.3. The van der Waals surface area contributed by atoms with Gasteiger partial charge in [0.05, 0.1) is 10.0 Å². The van der Waals surface area contributed by atoms with Gasteiger partial charge in [0.1, 0.15) is 11.4 Å². The molecule has 196 valence electrons. The van der Waals surface area contributed by atoms with E-state index in [9.17, 15) is 4.79 Å². The van der Waals surface area contributed by atoms with Crippen LogP contribution in [-0.4, -0.2) is 57.6 Å². The number of hydrogen-bond donors (Lipinski definition) is 2. The monoisotopic (exact) mass is 542 g/mol. The fourth-order valence-electron chi connectivity index (χ4n) is 3.89. The maximum Gasteiger partial charge on any atom is 0.410 e. The summed E-state index contributed by atoms with van der Waals surface area (Å²) in [5, 5.41) is 7.55. The van der Waals surface area contributed by atoms with Gasteiger partial charge < -0.3 is 20.3 Å². The van der Waals surface area contributed by atoms with E-state index in [1.165, 1.54) is 0 Å². The van der Waals surface area contributed by atoms with Gasteiger partial charge in [-0.25, -0.2) is 9.78 Å². The first-order chi connectivity index (χ1) is 17.6. The Bertz CT molecular complexity index is 1260. The van der Waals surface area contributed by atoms with Crippen molar-refractivity contribution in [2.75, 3.05) is 36.8 Å². The second kappa shape index (κ2) is 11.5. The lowest BCUT2D eigenvalue weighted by Gasteiger charge is -2.35. The average molecular weight is 543 g/mol. The highest BCUT2D eigenvalue weighted by molar-refractivity contribution is 6.42. The summed E-state index contributed by atoms with van der Waals surface area (Å²) in [6.07, 6.45) is 1.52. The molecule has 1 saturated heterocycles. The number of benzene rings is 2. The minimum atomic E-state index is -0.483. The summed E-state index contributed by atoms with van der Waals surface area (Å²) >= 11 is 12.2. The predicted octanol–water partition coefficient (Wildman–Crippen LogP) is 6.63. The number of ether oxygens (including phenoxy) is 1. The first kappa shape index (κ1) is 27.0. The lowest BCUT2D eigenvalue weighted by Crippen LogP contribution is -2.49. The highest BCUT2D eigenvalue weighted by atomic mass is 35.5. The van der Waals surface area contributed by atoms with Crippen LogP contribution >= 0.6 is 23.2 Å². The maximum absolute atomic E-state index is 12.3. The number of nitrogens with zero attached hydrogens (tertiary/aromatic N) is 4. The summed E-state index contributed by atoms with van der Waals surface area (Å²) in [5.74, 6) is 1.16. The molecule has 0 atom stereocenters. The first-order valence-electron chi connectivity index (χ1n) is 12.2. The van der Waals surface area contributed by atoms with E-state index in [0.29, 0.717) is 34.9 Å². The molecule has 1 aromatic heterocycles. The molecule has 10 heteroatoms. The van der Waals surface area contributed by atoms with E-state index in [1.807, 2.05) is 45.9 Å². The first-order valence-corrected chi connectivity index (χ1v) is 12.9. The Kier molecular flexibility index (Phi) is 8.42. The lowest BCUT2D eigenvalue weighted by atomic mass is 10.1. The number of carbonyl (C=O) groups is 1. The molecular weight excluding hydrogens is 511 g/mol. The molecule has 0 saturated carbocycles. The minimum Gasteiger partial charge on any atom is -0.444 e. The molecule has 2 N–H and O–H groups in total. The molecule has 0 aliphatic carbocycles. The minimum absolute atomic E-state index is 0.246. The van der Waals surface area contributed by atoms with Crippen LogP contribution in [0.1, 0.15) is 31.9 Å². The second-order valence-corrected chi connectivity index (χ2v) is 10.9. The number of nitrogens with one attached hydrogen (secondary N) is 2. The number of rotatable bonds is 6. The molecule has 0 bridgehead atoms. The topological polar surface area (TPSA) is 82.6 Å². The Labute approximate surface area is 227 Å². The number of hydrogen-bond acceptors (Lipinski definition) is 7. The summed E-state index contributed by atoms with van der Waals surface area (Å²) in [4.78, 5) is 25.5. The van der Waals surface area contributed by atoms with Gasteiger partial charge in [0, 0.05) is 55.9 Å². The number of aromatic nitrogens is 2. The zero-order valence-corrected chi connectivity index (χ0v) is 23.0. The van der Waals surface area contributed by atoms with E-state index in [4.69, 9.17) is 27.9 Å². The third kappa shape index (κ3) is 7.71. The van der Waals surface area contributed by atoms with Crippen molar-refractivity contribution in [2.24, 2.45) is 0 Å². The van der Waals surface area contributed by atoms with E-state index in [-0.39, 0.29) is 6.09 Å². The summed E-state index contributed by atoms with van der Waals surface area (Å²) in [5.41, 5.74) is 3.27. The summed E-state index contributed by atoms with van der Waals surface area (Å²) in [6, 6.07) is 13.5. The fraction of sp³-hybridized carbons (Fsp3) is 0.370. The van der Waals surface area contributed by atoms with Crippen LogP contribution in [0.4, 0.5) is 27.9 Å². The van der Waals surface area contributed by atoms with Crippen molar-refractivity contribution in [3.8, 4) is 0 Å². The molecule has 37 heavy (non-hydrogen) atoms. The highest BCUT2D eigenvalue weighted by Crippen LogP contribution is 2.28. The fourth-order valence-corrected chi connectivity index (χ4v) is 4.19. The van der Waals surface area contributed by atoms with E-state index in [2.05, 4.69) is 37.6 Å². The van der Waals surface area contributed by atoms with Crippen LogP contribution < -0.4 is 10.6 Å². The zero-order valence-electron chi connectivity index (χ0n) is 21.5. The van der Waals surface area contributed by atoms with Gasteiger partial charge in [0.2, 0.25) is 5.95 Å². The van der Waals surface area contributed by atoms with E-state index in [1.54, 1.807) is 23.2 Å². The largest absolute Gasteiger partial charge is 0.444 e. The number of carbonyl (C=O) groups excluding carboxylic acids is 1. The van der Waals surface area contributed by atoms with Gasteiger partial charge in [0.25, 0.3) is 0 Å². The Balaban J connectivity index is 1.36. The molecule has 1 fully saturated rings. The average Bonchev–Trinajstić information content (AvgIpc) is 2.83. The van der Waals surface area contributed by atoms with E-state index < -0.39 is 5.60 Å². The van der Waals surface area contributed by atoms with Crippen molar-refractivity contribution in [1.29, 1.82) is 0 Å². The summed E-state index contributed by atoms with van der Waals surface area (Å²) < 4.78 is 5.49. The third-order valence-electron chi connectivity index (χ3n) is 5.77. The highest BCUT2D eigenvalue weighted by Gasteiger charge is 2.25. The zero-order chi connectivity index (χ0) is 26.6. The Hall–Kier alpha value is -3.07. The predicted molar refractivity (Wildman–Crippen MR) is 149 cm³/mol. The van der Waals surface area contributed by atoms with E-state index >= 15 is 0 Å². The van der Waals surface area contributed by atoms with Crippen molar-refractivity contribution in [1.82, 2.24) is 19.8 Å². The number of halogens is 2. The van der Waals surface area contributed by atoms with Crippen LogP contribution in [0.25, 0.3) is 0 Å². The van der Waals surface area contributed by atoms with Gasteiger partial charge in [-0.05, 0) is 63.6 Å². The summed E-state index contributed by atoms with van der Waals surface area (Å²) in [7, 11) is 0. The molecule has 0 spiro atoms. The standard InChI is InChI=1S/C27H32Cl2N6O2/c1-18-16-30-25(33-24(18)31-21-8-9-22(28)23(29)15-21)32-20-7-5-6-19(14-20)17-34-10-12-35(13-11-34)26(36)37-27(2,3)4/h5-9,14-16H,10-13,17H2,1-4H3,(H2,30,31,32,33). The van der Waals surface area contributed by atoms with Crippen molar-refractivity contribution in [3.05, 3.63) is 69.8 Å². The quantitative estimate of drug-likeness (QED) is 0.361. The van der Waals surface area contributed by atoms with Crippen LogP contribution in [0.3, 0.4) is 0 Å². The van der Waals surface area contributed by atoms with Crippen LogP contribution in [0.15, 0.2) is 48.7 Å². The molecule has 2 aromatic carbocycles. The van der Waals surface area contributed by atoms with Crippen molar-refractivity contribution >= 4 is 52.4 Å². The molecule has 1 amide bonds. The van der Waals surface area contributed by atoms with Gasteiger partial charge in [-0.15, -0.1) is 0 Å². The Morgan fingerprint density at radius 2 is 1.73 bits per heavy atom. The van der Waals surface area contributed by atoms with Gasteiger partial charge in [0.15, 0.2) is 0 Å². The number of aryl methyl sites for hydroxylation is 1. The molecule has 0 unspecified atom stereocenters. The molecule has 8 nitrogen and oxygen atoms in total. The molecule has 0 radical (unpaired) electrons. The van der Waals surface area contributed by atoms with Crippen molar-refractivity contribution < 1.29 is 9.53 Å². The van der Waals surface area contributed by atoms with Crippen LogP contribution in [0.2, 0.25) is 10.0 Å². The molecule has 1 aliphatic heterocycles. The SMILES string of the molecule is Cc1cnc(Nc2cccc(CN3CCN(C(=O)OC(C)(C)C)CC3)c2)nc1Nc1ccc(Cl)c(Cl)c1. The summed E-state index contributed by atoms with van der Waals surface area (Å²) in [6.45, 7) is 11.3. The van der Waals surface area contributed by atoms with Gasteiger partial charge >= 0.3 is 6.09 Å². The number of piperazine rings is 1.